The third-order valence-electron chi connectivity index (χ3n) is 3.72. The van der Waals surface area contributed by atoms with Crippen molar-refractivity contribution in [2.24, 2.45) is 0 Å². The van der Waals surface area contributed by atoms with Crippen LogP contribution in [0.2, 0.25) is 0 Å². The van der Waals surface area contributed by atoms with Crippen LogP contribution in [0.1, 0.15) is 48.7 Å². The molecule has 0 aliphatic carbocycles. The van der Waals surface area contributed by atoms with Crippen LogP contribution in [-0.4, -0.2) is 20.8 Å². The molecule has 1 amide bonds. The molecule has 5 nitrogen and oxygen atoms in total. The van der Waals surface area contributed by atoms with Crippen molar-refractivity contribution in [3.8, 4) is 5.75 Å². The molecule has 2 rings (SSSR count). The van der Waals surface area contributed by atoms with Crippen LogP contribution >= 0.6 is 0 Å². The van der Waals surface area contributed by atoms with Gasteiger partial charge in [-0.15, -0.1) is 0 Å². The number of rotatable bonds is 5. The average molecular weight is 337 g/mol. The first-order valence-corrected chi connectivity index (χ1v) is 7.65. The molecule has 0 radical (unpaired) electrons. The smallest absolute Gasteiger partial charge is 0.280 e. The van der Waals surface area contributed by atoms with E-state index in [4.69, 9.17) is 0 Å². The molecule has 24 heavy (non-hydrogen) atoms. The third kappa shape index (κ3) is 3.90. The van der Waals surface area contributed by atoms with Crippen LogP contribution in [0.4, 0.5) is 14.5 Å². The van der Waals surface area contributed by atoms with Crippen molar-refractivity contribution < 1.29 is 18.7 Å². The van der Waals surface area contributed by atoms with Crippen LogP contribution < -0.4 is 5.32 Å². The van der Waals surface area contributed by atoms with E-state index < -0.39 is 12.3 Å². The van der Waals surface area contributed by atoms with E-state index in [2.05, 4.69) is 10.4 Å². The van der Waals surface area contributed by atoms with Crippen molar-refractivity contribution in [3.05, 3.63) is 40.7 Å². The number of benzene rings is 1. The van der Waals surface area contributed by atoms with Crippen molar-refractivity contribution >= 4 is 11.6 Å². The van der Waals surface area contributed by atoms with E-state index >= 15 is 0 Å². The highest BCUT2D eigenvalue weighted by atomic mass is 19.3. The summed E-state index contributed by atoms with van der Waals surface area (Å²) in [5.41, 5.74) is 2.09. The fourth-order valence-electron chi connectivity index (χ4n) is 2.50. The molecule has 0 aliphatic heterocycles. The van der Waals surface area contributed by atoms with Gasteiger partial charge in [-0.2, -0.15) is 5.10 Å². The van der Waals surface area contributed by atoms with Crippen molar-refractivity contribution in [1.82, 2.24) is 9.78 Å². The average Bonchev–Trinajstić information content (AvgIpc) is 2.82. The molecule has 0 saturated carbocycles. The number of phenols is 1. The molecule has 0 spiro atoms. The van der Waals surface area contributed by atoms with Gasteiger partial charge in [-0.3, -0.25) is 9.48 Å². The number of aromatic nitrogens is 2. The number of phenolic OH excluding ortho intramolecular Hbond substituents is 1. The van der Waals surface area contributed by atoms with Crippen LogP contribution in [0.15, 0.2) is 18.2 Å². The molecule has 0 atom stereocenters. The van der Waals surface area contributed by atoms with Gasteiger partial charge in [-0.1, -0.05) is 13.8 Å². The minimum atomic E-state index is -2.69. The summed E-state index contributed by atoms with van der Waals surface area (Å²) < 4.78 is 26.9. The Labute approximate surface area is 139 Å². The fraction of sp³-hybridized carbons (Fsp3) is 0.412. The van der Waals surface area contributed by atoms with Crippen LogP contribution in [-0.2, 0) is 11.3 Å². The summed E-state index contributed by atoms with van der Waals surface area (Å²) >= 11 is 0. The van der Waals surface area contributed by atoms with Gasteiger partial charge in [-0.25, -0.2) is 8.78 Å². The highest BCUT2D eigenvalue weighted by Crippen LogP contribution is 2.31. The second-order valence-electron chi connectivity index (χ2n) is 6.10. The van der Waals surface area contributed by atoms with Crippen molar-refractivity contribution in [3.63, 3.8) is 0 Å². The molecule has 0 aliphatic rings. The van der Waals surface area contributed by atoms with E-state index in [0.717, 1.165) is 4.68 Å². The zero-order valence-corrected chi connectivity index (χ0v) is 14.1. The van der Waals surface area contributed by atoms with Gasteiger partial charge in [0.15, 0.2) is 0 Å². The lowest BCUT2D eigenvalue weighted by atomic mass is 9.99. The standard InChI is InChI=1S/C17H21F2N3O2/c1-9(2)12-7-13(10(3)5-15(12)23)20-16(24)8-22-14(17(18)19)6-11(4)21-22/h5-7,9,17,23H,8H2,1-4H3,(H,20,24). The minimum absolute atomic E-state index is 0.0838. The summed E-state index contributed by atoms with van der Waals surface area (Å²) in [7, 11) is 0. The maximum atomic E-state index is 12.9. The molecule has 2 N–H and O–H groups in total. The monoisotopic (exact) mass is 337 g/mol. The summed E-state index contributed by atoms with van der Waals surface area (Å²) in [6, 6.07) is 4.55. The van der Waals surface area contributed by atoms with Gasteiger partial charge < -0.3 is 10.4 Å². The zero-order valence-electron chi connectivity index (χ0n) is 14.1. The number of nitrogens with zero attached hydrogens (tertiary/aromatic N) is 2. The Morgan fingerprint density at radius 1 is 1.29 bits per heavy atom. The molecule has 0 saturated heterocycles. The lowest BCUT2D eigenvalue weighted by Gasteiger charge is -2.15. The summed E-state index contributed by atoms with van der Waals surface area (Å²) in [6.45, 7) is 6.90. The second kappa shape index (κ2) is 6.98. The lowest BCUT2D eigenvalue weighted by molar-refractivity contribution is -0.117. The molecular weight excluding hydrogens is 316 g/mol. The number of hydrogen-bond acceptors (Lipinski definition) is 3. The van der Waals surface area contributed by atoms with Crippen LogP contribution in [0.25, 0.3) is 0 Å². The number of hydrogen-bond donors (Lipinski definition) is 2. The Hall–Kier alpha value is -2.44. The summed E-state index contributed by atoms with van der Waals surface area (Å²) in [6.07, 6.45) is -2.69. The third-order valence-corrected chi connectivity index (χ3v) is 3.72. The van der Waals surface area contributed by atoms with E-state index in [1.165, 1.54) is 6.07 Å². The first-order valence-electron chi connectivity index (χ1n) is 7.65. The molecule has 0 unspecified atom stereocenters. The molecule has 0 bridgehead atoms. The Morgan fingerprint density at radius 2 is 1.96 bits per heavy atom. The first-order chi connectivity index (χ1) is 11.2. The van der Waals surface area contributed by atoms with Gasteiger partial charge in [-0.05, 0) is 49.1 Å². The number of carbonyl (C=O) groups is 1. The molecule has 1 heterocycles. The van der Waals surface area contributed by atoms with Crippen molar-refractivity contribution in [2.45, 2.75) is 46.6 Å². The number of alkyl halides is 2. The second-order valence-corrected chi connectivity index (χ2v) is 6.10. The highest BCUT2D eigenvalue weighted by molar-refractivity contribution is 5.91. The fourth-order valence-corrected chi connectivity index (χ4v) is 2.50. The van der Waals surface area contributed by atoms with Crippen LogP contribution in [0, 0.1) is 13.8 Å². The van der Waals surface area contributed by atoms with Gasteiger partial charge in [0.25, 0.3) is 6.43 Å². The summed E-state index contributed by atoms with van der Waals surface area (Å²) in [5, 5.41) is 16.6. The normalized spacial score (nSPS) is 11.3. The number of halogens is 2. The number of nitrogens with one attached hydrogen (secondary N) is 1. The topological polar surface area (TPSA) is 67.2 Å². The SMILES string of the molecule is Cc1cc(C(F)F)n(CC(=O)Nc2cc(C(C)C)c(O)cc2C)n1. The summed E-state index contributed by atoms with van der Waals surface area (Å²) in [5.74, 6) is -0.202. The lowest BCUT2D eigenvalue weighted by Crippen LogP contribution is -2.21. The van der Waals surface area contributed by atoms with Crippen LogP contribution in [0.5, 0.6) is 5.75 Å². The Bertz CT molecular complexity index is 755. The number of aryl methyl sites for hydroxylation is 2. The summed E-state index contributed by atoms with van der Waals surface area (Å²) in [4.78, 5) is 12.2. The van der Waals surface area contributed by atoms with Crippen LogP contribution in [0.3, 0.4) is 0 Å². The van der Waals surface area contributed by atoms with Gasteiger partial charge in [0.2, 0.25) is 5.91 Å². The highest BCUT2D eigenvalue weighted by Gasteiger charge is 2.18. The van der Waals surface area contributed by atoms with Gasteiger partial charge in [0, 0.05) is 5.69 Å². The molecule has 1 aromatic carbocycles. The number of aromatic hydroxyl groups is 1. The van der Waals surface area contributed by atoms with Gasteiger partial charge in [0.05, 0.1) is 5.69 Å². The largest absolute Gasteiger partial charge is 0.508 e. The Morgan fingerprint density at radius 3 is 2.54 bits per heavy atom. The minimum Gasteiger partial charge on any atom is -0.508 e. The number of carbonyl (C=O) groups excluding carboxylic acids is 1. The number of anilines is 1. The van der Waals surface area contributed by atoms with E-state index in [1.807, 2.05) is 13.8 Å². The van der Waals surface area contributed by atoms with Crippen molar-refractivity contribution in [1.29, 1.82) is 0 Å². The molecule has 7 heteroatoms. The first kappa shape index (κ1) is 17.9. The predicted molar refractivity (Wildman–Crippen MR) is 87.5 cm³/mol. The maximum Gasteiger partial charge on any atom is 0.280 e. The maximum absolute atomic E-state index is 12.9. The van der Waals surface area contributed by atoms with Gasteiger partial charge in [0.1, 0.15) is 18.0 Å². The van der Waals surface area contributed by atoms with E-state index in [1.54, 1.807) is 26.0 Å². The molecule has 2 aromatic rings. The van der Waals surface area contributed by atoms with Gasteiger partial charge >= 0.3 is 0 Å². The quantitative estimate of drug-likeness (QED) is 0.813. The van der Waals surface area contributed by atoms with E-state index in [9.17, 15) is 18.7 Å². The molecule has 130 valence electrons. The Kier molecular flexibility index (Phi) is 5.21. The molecule has 1 aromatic heterocycles. The number of amides is 1. The Balaban J connectivity index is 2.20. The molecule has 0 fully saturated rings. The van der Waals surface area contributed by atoms with E-state index in [-0.39, 0.29) is 23.9 Å². The predicted octanol–water partition coefficient (Wildman–Crippen LogP) is 3.91. The van der Waals surface area contributed by atoms with Crippen molar-refractivity contribution in [2.75, 3.05) is 5.32 Å². The zero-order chi connectivity index (χ0) is 18.0. The van der Waals surface area contributed by atoms with E-state index in [0.29, 0.717) is 22.5 Å². The molecular formula is C17H21F2N3O2.